The molecule has 0 atom stereocenters. The minimum absolute atomic E-state index is 0.0185. The molecule has 0 aliphatic carbocycles. The first kappa shape index (κ1) is 15.4. The average molecular weight is 335 g/mol. The van der Waals surface area contributed by atoms with E-state index in [0.717, 1.165) is 21.4 Å². The van der Waals surface area contributed by atoms with Gasteiger partial charge in [-0.3, -0.25) is 14.5 Å². The first-order valence-corrected chi connectivity index (χ1v) is 7.53. The lowest BCUT2D eigenvalue weighted by Gasteiger charge is -2.12. The summed E-state index contributed by atoms with van der Waals surface area (Å²) in [6.45, 7) is 0.413. The maximum atomic E-state index is 12.0. The van der Waals surface area contributed by atoms with Gasteiger partial charge in [0.1, 0.15) is 0 Å². The number of benzene rings is 1. The summed E-state index contributed by atoms with van der Waals surface area (Å²) in [5.74, 6) is -0.453. The fourth-order valence-electron chi connectivity index (χ4n) is 2.53. The van der Waals surface area contributed by atoms with E-state index >= 15 is 0 Å². The third-order valence-electron chi connectivity index (χ3n) is 3.68. The topological polar surface area (TPSA) is 94.3 Å². The number of hydrogen-bond acceptors (Lipinski definition) is 3. The minimum atomic E-state index is -0.419. The Morgan fingerprint density at radius 1 is 1.35 bits per heavy atom. The Morgan fingerprint density at radius 2 is 2.17 bits per heavy atom. The molecule has 3 rings (SSSR count). The molecule has 23 heavy (non-hydrogen) atoms. The number of urea groups is 1. The summed E-state index contributed by atoms with van der Waals surface area (Å²) in [6, 6.07) is 5.02. The number of nitrogens with zero attached hydrogens (tertiary/aromatic N) is 1. The zero-order valence-corrected chi connectivity index (χ0v) is 12.9. The summed E-state index contributed by atoms with van der Waals surface area (Å²) < 4.78 is 0. The minimum Gasteiger partial charge on any atom is -0.361 e. The summed E-state index contributed by atoms with van der Waals surface area (Å²) in [7, 11) is 0. The van der Waals surface area contributed by atoms with Crippen molar-refractivity contribution in [3.63, 3.8) is 0 Å². The average Bonchev–Trinajstić information content (AvgIpc) is 3.04. The Bertz CT molecular complexity index is 770. The van der Waals surface area contributed by atoms with Gasteiger partial charge in [-0.1, -0.05) is 17.7 Å². The van der Waals surface area contributed by atoms with Gasteiger partial charge in [0.2, 0.25) is 11.8 Å². The first-order valence-electron chi connectivity index (χ1n) is 7.15. The number of fused-ring (bicyclic) bond motifs is 1. The highest BCUT2D eigenvalue weighted by atomic mass is 35.5. The molecule has 7 nitrogen and oxygen atoms in total. The number of carbonyl (C=O) groups is 3. The number of nitrogens with one attached hydrogen (secondary N) is 3. The van der Waals surface area contributed by atoms with Crippen molar-refractivity contribution in [1.29, 1.82) is 0 Å². The Morgan fingerprint density at radius 3 is 2.91 bits per heavy atom. The highest BCUT2D eigenvalue weighted by Crippen LogP contribution is 2.22. The van der Waals surface area contributed by atoms with E-state index in [1.807, 2.05) is 6.07 Å². The first-order chi connectivity index (χ1) is 11.0. The molecule has 1 aliphatic rings. The summed E-state index contributed by atoms with van der Waals surface area (Å²) in [6.07, 6.45) is 1.99. The van der Waals surface area contributed by atoms with E-state index < -0.39 is 6.03 Å². The largest absolute Gasteiger partial charge is 0.361 e. The zero-order valence-electron chi connectivity index (χ0n) is 12.2. The molecule has 0 bridgehead atoms. The quantitative estimate of drug-likeness (QED) is 0.713. The molecular weight excluding hydrogens is 320 g/mol. The third kappa shape index (κ3) is 3.29. The van der Waals surface area contributed by atoms with Gasteiger partial charge in [-0.25, -0.2) is 4.79 Å². The molecule has 2 heterocycles. The number of halogens is 1. The maximum absolute atomic E-state index is 12.0. The molecule has 2 aromatic rings. The SMILES string of the molecule is O=C(Cc1c[nH]c2cc(Cl)ccc12)NCCN1C(=O)CNC1=O. The number of H-pyrrole nitrogens is 1. The van der Waals surface area contributed by atoms with Crippen LogP contribution in [0.4, 0.5) is 4.79 Å². The molecule has 1 aliphatic heterocycles. The lowest BCUT2D eigenvalue weighted by atomic mass is 10.1. The van der Waals surface area contributed by atoms with Crippen LogP contribution in [0.15, 0.2) is 24.4 Å². The van der Waals surface area contributed by atoms with E-state index in [4.69, 9.17) is 11.6 Å². The Labute approximate surface area is 137 Å². The molecule has 0 spiro atoms. The number of aromatic amines is 1. The molecule has 3 N–H and O–H groups in total. The van der Waals surface area contributed by atoms with Crippen LogP contribution >= 0.6 is 11.6 Å². The number of amides is 4. The Balaban J connectivity index is 1.54. The van der Waals surface area contributed by atoms with Gasteiger partial charge < -0.3 is 15.6 Å². The third-order valence-corrected chi connectivity index (χ3v) is 3.91. The van der Waals surface area contributed by atoms with Gasteiger partial charge in [-0.15, -0.1) is 0 Å². The van der Waals surface area contributed by atoms with E-state index in [-0.39, 0.29) is 37.9 Å². The highest BCUT2D eigenvalue weighted by molar-refractivity contribution is 6.31. The van der Waals surface area contributed by atoms with E-state index in [2.05, 4.69) is 15.6 Å². The number of aromatic nitrogens is 1. The second-order valence-electron chi connectivity index (χ2n) is 5.23. The summed E-state index contributed by atoms with van der Waals surface area (Å²) in [4.78, 5) is 38.9. The van der Waals surface area contributed by atoms with Gasteiger partial charge in [0.05, 0.1) is 13.0 Å². The van der Waals surface area contributed by atoms with Gasteiger partial charge in [0, 0.05) is 35.2 Å². The van der Waals surface area contributed by atoms with Crippen LogP contribution in [0.25, 0.3) is 10.9 Å². The van der Waals surface area contributed by atoms with E-state index in [9.17, 15) is 14.4 Å². The highest BCUT2D eigenvalue weighted by Gasteiger charge is 2.27. The van der Waals surface area contributed by atoms with Crippen molar-refractivity contribution in [2.24, 2.45) is 0 Å². The van der Waals surface area contributed by atoms with Crippen LogP contribution in [0.1, 0.15) is 5.56 Å². The van der Waals surface area contributed by atoms with E-state index in [1.165, 1.54) is 0 Å². The normalized spacial score (nSPS) is 14.4. The van der Waals surface area contributed by atoms with Crippen molar-refractivity contribution in [3.8, 4) is 0 Å². The van der Waals surface area contributed by atoms with Crippen LogP contribution < -0.4 is 10.6 Å². The maximum Gasteiger partial charge on any atom is 0.324 e. The second-order valence-corrected chi connectivity index (χ2v) is 5.67. The predicted molar refractivity (Wildman–Crippen MR) is 85.1 cm³/mol. The number of rotatable bonds is 5. The fourth-order valence-corrected chi connectivity index (χ4v) is 2.70. The molecule has 120 valence electrons. The van der Waals surface area contributed by atoms with Crippen molar-refractivity contribution >= 4 is 40.3 Å². The molecule has 0 radical (unpaired) electrons. The second kappa shape index (κ2) is 6.29. The van der Waals surface area contributed by atoms with Crippen LogP contribution in [-0.2, 0) is 16.0 Å². The van der Waals surface area contributed by atoms with Gasteiger partial charge in [0.15, 0.2) is 0 Å². The molecule has 4 amide bonds. The monoisotopic (exact) mass is 334 g/mol. The molecule has 1 aromatic carbocycles. The summed E-state index contributed by atoms with van der Waals surface area (Å²) in [5, 5.41) is 6.71. The number of hydrogen-bond donors (Lipinski definition) is 3. The number of imide groups is 1. The van der Waals surface area contributed by atoms with Crippen molar-refractivity contribution in [2.75, 3.05) is 19.6 Å². The Kier molecular flexibility index (Phi) is 4.20. The van der Waals surface area contributed by atoms with Crippen LogP contribution in [0.2, 0.25) is 5.02 Å². The standard InChI is InChI=1S/C15H15ClN4O3/c16-10-1-2-11-9(7-18-12(11)6-10)5-13(21)17-3-4-20-14(22)8-19-15(20)23/h1-2,6-7,18H,3-5,8H2,(H,17,21)(H,19,23). The number of carbonyl (C=O) groups excluding carboxylic acids is 3. The molecule has 0 unspecified atom stereocenters. The van der Waals surface area contributed by atoms with Crippen molar-refractivity contribution in [2.45, 2.75) is 6.42 Å². The van der Waals surface area contributed by atoms with Gasteiger partial charge in [0.25, 0.3) is 0 Å². The van der Waals surface area contributed by atoms with Crippen LogP contribution in [0.5, 0.6) is 0 Å². The van der Waals surface area contributed by atoms with Gasteiger partial charge >= 0.3 is 6.03 Å². The van der Waals surface area contributed by atoms with Crippen LogP contribution in [-0.4, -0.2) is 47.4 Å². The molecule has 1 saturated heterocycles. The smallest absolute Gasteiger partial charge is 0.324 e. The Hall–Kier alpha value is -2.54. The van der Waals surface area contributed by atoms with Crippen molar-refractivity contribution < 1.29 is 14.4 Å². The van der Waals surface area contributed by atoms with E-state index in [0.29, 0.717) is 5.02 Å². The molecule has 0 saturated carbocycles. The zero-order chi connectivity index (χ0) is 16.4. The van der Waals surface area contributed by atoms with Gasteiger partial charge in [-0.05, 0) is 17.7 Å². The molecule has 8 heteroatoms. The van der Waals surface area contributed by atoms with Crippen LogP contribution in [0.3, 0.4) is 0 Å². The van der Waals surface area contributed by atoms with Crippen LogP contribution in [0, 0.1) is 0 Å². The lowest BCUT2D eigenvalue weighted by Crippen LogP contribution is -2.39. The fraction of sp³-hybridized carbons (Fsp3) is 0.267. The van der Waals surface area contributed by atoms with E-state index in [1.54, 1.807) is 18.3 Å². The summed E-state index contributed by atoms with van der Waals surface area (Å²) in [5.41, 5.74) is 1.74. The lowest BCUT2D eigenvalue weighted by molar-refractivity contribution is -0.125. The predicted octanol–water partition coefficient (Wildman–Crippen LogP) is 1.03. The molecular formula is C15H15ClN4O3. The van der Waals surface area contributed by atoms with Gasteiger partial charge in [-0.2, -0.15) is 0 Å². The van der Waals surface area contributed by atoms with Crippen molar-refractivity contribution in [3.05, 3.63) is 35.0 Å². The van der Waals surface area contributed by atoms with Crippen molar-refractivity contribution in [1.82, 2.24) is 20.5 Å². The summed E-state index contributed by atoms with van der Waals surface area (Å²) >= 11 is 5.92. The molecule has 1 fully saturated rings. The molecule has 1 aromatic heterocycles.